The Morgan fingerprint density at radius 2 is 1.81 bits per heavy atom. The van der Waals surface area contributed by atoms with Crippen molar-refractivity contribution in [2.45, 2.75) is 12.6 Å². The summed E-state index contributed by atoms with van der Waals surface area (Å²) in [5.41, 5.74) is 0.550. The average Bonchev–Trinajstić information content (AvgIpc) is 3.27. The molecular weight excluding hydrogens is 425 g/mol. The molecule has 0 bridgehead atoms. The molecule has 1 amide bonds. The Balaban J connectivity index is 1.34. The summed E-state index contributed by atoms with van der Waals surface area (Å²) in [4.78, 5) is 20.4. The topological polar surface area (TPSA) is 71.7 Å². The van der Waals surface area contributed by atoms with E-state index in [4.69, 9.17) is 9.26 Å². The van der Waals surface area contributed by atoms with Gasteiger partial charge in [-0.3, -0.25) is 4.79 Å². The van der Waals surface area contributed by atoms with Gasteiger partial charge in [-0.1, -0.05) is 11.2 Å². The standard InChI is InChI=1S/C22H21F3N4O3/c1-31-18-7-5-15(6-8-18)21-26-19(32-27-21)14-20(30)29-11-9-28(10-12-29)17-4-2-3-16(13-17)22(23,24)25/h2-8,13H,9-12,14H2,1H3. The summed E-state index contributed by atoms with van der Waals surface area (Å²) in [6.07, 6.45) is -4.42. The zero-order valence-electron chi connectivity index (χ0n) is 17.3. The maximum atomic E-state index is 13.0. The summed E-state index contributed by atoms with van der Waals surface area (Å²) in [5, 5.41) is 3.92. The number of aromatic nitrogens is 2. The third-order valence-electron chi connectivity index (χ3n) is 5.29. The molecular formula is C22H21F3N4O3. The van der Waals surface area contributed by atoms with Gasteiger partial charge in [0.25, 0.3) is 0 Å². The van der Waals surface area contributed by atoms with Gasteiger partial charge in [0, 0.05) is 37.4 Å². The number of piperazine rings is 1. The molecule has 0 radical (unpaired) electrons. The van der Waals surface area contributed by atoms with Crippen molar-refractivity contribution in [3.05, 3.63) is 60.0 Å². The maximum absolute atomic E-state index is 13.0. The number of methoxy groups -OCH3 is 1. The molecule has 1 saturated heterocycles. The number of carbonyl (C=O) groups excluding carboxylic acids is 1. The zero-order valence-corrected chi connectivity index (χ0v) is 17.3. The van der Waals surface area contributed by atoms with Gasteiger partial charge in [-0.25, -0.2) is 0 Å². The van der Waals surface area contributed by atoms with E-state index in [1.54, 1.807) is 42.3 Å². The van der Waals surface area contributed by atoms with Crippen LogP contribution >= 0.6 is 0 Å². The molecule has 4 rings (SSSR count). The van der Waals surface area contributed by atoms with Crippen molar-refractivity contribution in [1.29, 1.82) is 0 Å². The normalized spacial score (nSPS) is 14.5. The van der Waals surface area contributed by atoms with Crippen molar-refractivity contribution in [3.63, 3.8) is 0 Å². The molecule has 32 heavy (non-hydrogen) atoms. The monoisotopic (exact) mass is 446 g/mol. The van der Waals surface area contributed by atoms with Gasteiger partial charge in [-0.05, 0) is 42.5 Å². The number of halogens is 3. The lowest BCUT2D eigenvalue weighted by Gasteiger charge is -2.36. The fourth-order valence-corrected chi connectivity index (χ4v) is 3.52. The quantitative estimate of drug-likeness (QED) is 0.596. The number of alkyl halides is 3. The number of hydrogen-bond acceptors (Lipinski definition) is 6. The SMILES string of the molecule is COc1ccc(-c2noc(CC(=O)N3CCN(c4cccc(C(F)(F)F)c4)CC3)n2)cc1. The van der Waals surface area contributed by atoms with Crippen LogP contribution in [0.1, 0.15) is 11.5 Å². The van der Waals surface area contributed by atoms with E-state index < -0.39 is 11.7 Å². The summed E-state index contributed by atoms with van der Waals surface area (Å²) < 4.78 is 49.2. The summed E-state index contributed by atoms with van der Waals surface area (Å²) in [5.74, 6) is 1.13. The first kappa shape index (κ1) is 21.7. The number of ether oxygens (including phenoxy) is 1. The minimum atomic E-state index is -4.39. The third-order valence-corrected chi connectivity index (χ3v) is 5.29. The van der Waals surface area contributed by atoms with Crippen molar-refractivity contribution in [2.75, 3.05) is 38.2 Å². The van der Waals surface area contributed by atoms with Crippen LogP contribution in [0.4, 0.5) is 18.9 Å². The molecule has 0 atom stereocenters. The fraction of sp³-hybridized carbons (Fsp3) is 0.318. The van der Waals surface area contributed by atoms with Crippen molar-refractivity contribution in [2.24, 2.45) is 0 Å². The van der Waals surface area contributed by atoms with Gasteiger partial charge in [0.05, 0.1) is 12.7 Å². The Morgan fingerprint density at radius 3 is 2.47 bits per heavy atom. The first-order chi connectivity index (χ1) is 15.3. The number of rotatable bonds is 5. The van der Waals surface area contributed by atoms with Crippen LogP contribution < -0.4 is 9.64 Å². The molecule has 3 aromatic rings. The summed E-state index contributed by atoms with van der Waals surface area (Å²) >= 11 is 0. The lowest BCUT2D eigenvalue weighted by atomic mass is 10.1. The summed E-state index contributed by atoms with van der Waals surface area (Å²) in [6, 6.07) is 12.4. The number of anilines is 1. The molecule has 2 heterocycles. The van der Waals surface area contributed by atoms with E-state index in [2.05, 4.69) is 10.1 Å². The van der Waals surface area contributed by atoms with Crippen molar-refractivity contribution >= 4 is 11.6 Å². The van der Waals surface area contributed by atoms with Crippen molar-refractivity contribution < 1.29 is 27.2 Å². The van der Waals surface area contributed by atoms with Crippen LogP contribution in [0.5, 0.6) is 5.75 Å². The number of carbonyl (C=O) groups is 1. The highest BCUT2D eigenvalue weighted by Crippen LogP contribution is 2.32. The van der Waals surface area contributed by atoms with Crippen LogP contribution in [0, 0.1) is 0 Å². The molecule has 0 unspecified atom stereocenters. The number of hydrogen-bond donors (Lipinski definition) is 0. The number of nitrogens with zero attached hydrogens (tertiary/aromatic N) is 4. The van der Waals surface area contributed by atoms with Crippen LogP contribution in [-0.2, 0) is 17.4 Å². The third kappa shape index (κ3) is 4.84. The second-order valence-electron chi connectivity index (χ2n) is 7.33. The van der Waals surface area contributed by atoms with Crippen LogP contribution in [-0.4, -0.2) is 54.2 Å². The van der Waals surface area contributed by atoms with E-state index in [1.165, 1.54) is 6.07 Å². The van der Waals surface area contributed by atoms with Gasteiger partial charge in [0.2, 0.25) is 17.6 Å². The minimum Gasteiger partial charge on any atom is -0.497 e. The van der Waals surface area contributed by atoms with E-state index in [1.807, 2.05) is 4.90 Å². The van der Waals surface area contributed by atoms with E-state index >= 15 is 0 Å². The van der Waals surface area contributed by atoms with Crippen molar-refractivity contribution in [3.8, 4) is 17.1 Å². The summed E-state index contributed by atoms with van der Waals surface area (Å²) in [6.45, 7) is 1.67. The summed E-state index contributed by atoms with van der Waals surface area (Å²) in [7, 11) is 1.58. The zero-order chi connectivity index (χ0) is 22.7. The highest BCUT2D eigenvalue weighted by Gasteiger charge is 2.31. The number of benzene rings is 2. The Kier molecular flexibility index (Phi) is 6.02. The lowest BCUT2D eigenvalue weighted by Crippen LogP contribution is -2.49. The highest BCUT2D eigenvalue weighted by molar-refractivity contribution is 5.78. The Labute approximate surface area is 182 Å². The van der Waals surface area contributed by atoms with Crippen LogP contribution in [0.2, 0.25) is 0 Å². The van der Waals surface area contributed by atoms with Crippen molar-refractivity contribution in [1.82, 2.24) is 15.0 Å². The molecule has 168 valence electrons. The largest absolute Gasteiger partial charge is 0.497 e. The molecule has 0 aliphatic carbocycles. The fourth-order valence-electron chi connectivity index (χ4n) is 3.52. The second-order valence-corrected chi connectivity index (χ2v) is 7.33. The molecule has 0 N–H and O–H groups in total. The molecule has 2 aromatic carbocycles. The molecule has 0 saturated carbocycles. The van der Waals surface area contributed by atoms with Gasteiger partial charge in [0.1, 0.15) is 12.2 Å². The van der Waals surface area contributed by atoms with Crippen LogP contribution in [0.15, 0.2) is 53.1 Å². The lowest BCUT2D eigenvalue weighted by molar-refractivity contribution is -0.137. The molecule has 1 aromatic heterocycles. The van der Waals surface area contributed by atoms with E-state index in [0.717, 1.165) is 17.7 Å². The predicted molar refractivity (Wildman–Crippen MR) is 110 cm³/mol. The maximum Gasteiger partial charge on any atom is 0.416 e. The first-order valence-electron chi connectivity index (χ1n) is 10.0. The predicted octanol–water partition coefficient (Wildman–Crippen LogP) is 3.66. The molecule has 7 nitrogen and oxygen atoms in total. The van der Waals surface area contributed by atoms with E-state index in [-0.39, 0.29) is 18.2 Å². The second kappa shape index (κ2) is 8.89. The Hall–Kier alpha value is -3.56. The average molecular weight is 446 g/mol. The van der Waals surface area contributed by atoms with Gasteiger partial charge in [-0.2, -0.15) is 18.2 Å². The van der Waals surface area contributed by atoms with Gasteiger partial charge in [0.15, 0.2) is 0 Å². The smallest absolute Gasteiger partial charge is 0.416 e. The minimum absolute atomic E-state index is 0.0350. The van der Waals surface area contributed by atoms with Crippen LogP contribution in [0.25, 0.3) is 11.4 Å². The Morgan fingerprint density at radius 1 is 1.09 bits per heavy atom. The molecule has 1 aliphatic rings. The first-order valence-corrected chi connectivity index (χ1v) is 10.0. The number of amides is 1. The van der Waals surface area contributed by atoms with Crippen LogP contribution in [0.3, 0.4) is 0 Å². The highest BCUT2D eigenvalue weighted by atomic mass is 19.4. The van der Waals surface area contributed by atoms with E-state index in [0.29, 0.717) is 43.4 Å². The Bertz CT molecular complexity index is 1070. The molecule has 1 fully saturated rings. The van der Waals surface area contributed by atoms with Gasteiger partial charge < -0.3 is 19.1 Å². The molecule has 10 heteroatoms. The molecule has 0 spiro atoms. The van der Waals surface area contributed by atoms with Gasteiger partial charge in [-0.15, -0.1) is 0 Å². The van der Waals surface area contributed by atoms with E-state index in [9.17, 15) is 18.0 Å². The molecule has 1 aliphatic heterocycles. The van der Waals surface area contributed by atoms with Gasteiger partial charge >= 0.3 is 6.18 Å².